The van der Waals surface area contributed by atoms with Gasteiger partial charge < -0.3 is 5.73 Å². The van der Waals surface area contributed by atoms with E-state index in [-0.39, 0.29) is 16.4 Å². The zero-order valence-corrected chi connectivity index (χ0v) is 10.7. The van der Waals surface area contributed by atoms with Crippen LogP contribution >= 0.6 is 11.3 Å². The van der Waals surface area contributed by atoms with Crippen molar-refractivity contribution in [1.82, 2.24) is 4.98 Å². The second-order valence-corrected chi connectivity index (χ2v) is 5.98. The standard InChI is InChI=1S/C10H9N3O3S2/c11-8-1-3-9(4-2-8)18(15,16)13(7-14)10-12-5-6-17-10/h1-7H,11H2. The Labute approximate surface area is 108 Å². The van der Waals surface area contributed by atoms with E-state index in [4.69, 9.17) is 5.73 Å². The summed E-state index contributed by atoms with van der Waals surface area (Å²) in [6.45, 7) is 0. The van der Waals surface area contributed by atoms with Crippen LogP contribution < -0.4 is 10.0 Å². The van der Waals surface area contributed by atoms with Crippen molar-refractivity contribution in [2.24, 2.45) is 0 Å². The average molecular weight is 283 g/mol. The van der Waals surface area contributed by atoms with Gasteiger partial charge in [-0.2, -0.15) is 4.31 Å². The van der Waals surface area contributed by atoms with E-state index in [1.165, 1.54) is 30.5 Å². The summed E-state index contributed by atoms with van der Waals surface area (Å²) in [6, 6.07) is 5.60. The Hall–Kier alpha value is -1.93. The molecule has 0 aliphatic rings. The van der Waals surface area contributed by atoms with Crippen molar-refractivity contribution in [3.8, 4) is 0 Å². The van der Waals surface area contributed by atoms with Crippen molar-refractivity contribution in [1.29, 1.82) is 0 Å². The molecule has 2 rings (SSSR count). The molecule has 8 heteroatoms. The molecule has 0 bridgehead atoms. The molecule has 2 N–H and O–H groups in total. The summed E-state index contributed by atoms with van der Waals surface area (Å²) in [5, 5.41) is 1.69. The van der Waals surface area contributed by atoms with E-state index in [1.54, 1.807) is 5.38 Å². The molecule has 2 aromatic rings. The number of benzene rings is 1. The predicted octanol–water partition coefficient (Wildman–Crippen LogP) is 1.08. The van der Waals surface area contributed by atoms with Crippen LogP contribution in [0.2, 0.25) is 0 Å². The van der Waals surface area contributed by atoms with Gasteiger partial charge in [0.1, 0.15) is 0 Å². The second-order valence-electron chi connectivity index (χ2n) is 3.29. The molecule has 6 nitrogen and oxygen atoms in total. The molecular formula is C10H9N3O3S2. The molecule has 0 radical (unpaired) electrons. The van der Waals surface area contributed by atoms with E-state index in [9.17, 15) is 13.2 Å². The first-order valence-electron chi connectivity index (χ1n) is 4.80. The average Bonchev–Trinajstić information content (AvgIpc) is 2.84. The number of nitrogen functional groups attached to an aromatic ring is 1. The fourth-order valence-electron chi connectivity index (χ4n) is 1.28. The fourth-order valence-corrected chi connectivity index (χ4v) is 3.29. The van der Waals surface area contributed by atoms with Gasteiger partial charge in [-0.15, -0.1) is 11.3 Å². The minimum absolute atomic E-state index is 0.0148. The molecule has 0 saturated carbocycles. The molecule has 94 valence electrons. The maximum absolute atomic E-state index is 12.2. The van der Waals surface area contributed by atoms with Crippen LogP contribution in [0.5, 0.6) is 0 Å². The van der Waals surface area contributed by atoms with Crippen molar-refractivity contribution in [3.63, 3.8) is 0 Å². The summed E-state index contributed by atoms with van der Waals surface area (Å²) in [5.74, 6) is 0. The second kappa shape index (κ2) is 4.75. The first-order valence-corrected chi connectivity index (χ1v) is 7.12. The molecule has 0 atom stereocenters. The minimum atomic E-state index is -3.93. The number of carbonyl (C=O) groups excluding carboxylic acids is 1. The van der Waals surface area contributed by atoms with Gasteiger partial charge in [-0.25, -0.2) is 13.4 Å². The lowest BCUT2D eigenvalue weighted by atomic mass is 10.3. The highest BCUT2D eigenvalue weighted by molar-refractivity contribution is 7.93. The Morgan fingerprint density at radius 1 is 1.28 bits per heavy atom. The number of sulfonamides is 1. The number of anilines is 2. The smallest absolute Gasteiger partial charge is 0.272 e. The monoisotopic (exact) mass is 283 g/mol. The lowest BCUT2D eigenvalue weighted by Crippen LogP contribution is -2.29. The number of hydrogen-bond acceptors (Lipinski definition) is 6. The van der Waals surface area contributed by atoms with Crippen molar-refractivity contribution >= 4 is 38.6 Å². The third-order valence-corrected chi connectivity index (χ3v) is 4.67. The molecular weight excluding hydrogens is 274 g/mol. The van der Waals surface area contributed by atoms with Crippen LogP contribution in [-0.2, 0) is 14.8 Å². The number of nitrogens with two attached hydrogens (primary N) is 1. The quantitative estimate of drug-likeness (QED) is 0.669. The highest BCUT2D eigenvalue weighted by Crippen LogP contribution is 2.24. The highest BCUT2D eigenvalue weighted by atomic mass is 32.2. The summed E-state index contributed by atoms with van der Waals surface area (Å²) in [7, 11) is -3.93. The van der Waals surface area contributed by atoms with E-state index in [0.29, 0.717) is 9.99 Å². The lowest BCUT2D eigenvalue weighted by Gasteiger charge is -2.14. The first kappa shape index (κ1) is 12.5. The summed E-state index contributed by atoms with van der Waals surface area (Å²) >= 11 is 1.06. The van der Waals surface area contributed by atoms with E-state index in [1.807, 2.05) is 0 Å². The van der Waals surface area contributed by atoms with Crippen molar-refractivity contribution in [2.75, 3.05) is 10.0 Å². The Bertz CT molecular complexity index is 636. The van der Waals surface area contributed by atoms with E-state index in [0.717, 1.165) is 11.3 Å². The van der Waals surface area contributed by atoms with Crippen LogP contribution in [0.1, 0.15) is 0 Å². The molecule has 0 spiro atoms. The highest BCUT2D eigenvalue weighted by Gasteiger charge is 2.26. The Kier molecular flexibility index (Phi) is 3.30. The molecule has 18 heavy (non-hydrogen) atoms. The van der Waals surface area contributed by atoms with E-state index in [2.05, 4.69) is 4.98 Å². The third-order valence-electron chi connectivity index (χ3n) is 2.14. The van der Waals surface area contributed by atoms with Crippen LogP contribution in [0.3, 0.4) is 0 Å². The third kappa shape index (κ3) is 2.20. The molecule has 0 aliphatic carbocycles. The normalized spacial score (nSPS) is 11.1. The van der Waals surface area contributed by atoms with Crippen molar-refractivity contribution in [3.05, 3.63) is 35.8 Å². The molecule has 1 heterocycles. The van der Waals surface area contributed by atoms with Gasteiger partial charge in [0.2, 0.25) is 11.5 Å². The molecule has 0 saturated heterocycles. The molecule has 0 fully saturated rings. The number of carbonyl (C=O) groups is 1. The van der Waals surface area contributed by atoms with Crippen LogP contribution in [0, 0.1) is 0 Å². The van der Waals surface area contributed by atoms with Gasteiger partial charge >= 0.3 is 0 Å². The molecule has 1 aromatic heterocycles. The van der Waals surface area contributed by atoms with E-state index < -0.39 is 10.0 Å². The first-order chi connectivity index (χ1) is 8.55. The molecule has 1 amide bonds. The maximum Gasteiger partial charge on any atom is 0.272 e. The summed E-state index contributed by atoms with van der Waals surface area (Å²) in [4.78, 5) is 14.8. The molecule has 1 aromatic carbocycles. The number of aromatic nitrogens is 1. The zero-order chi connectivity index (χ0) is 13.2. The minimum Gasteiger partial charge on any atom is -0.399 e. The van der Waals surface area contributed by atoms with Gasteiger partial charge in [-0.1, -0.05) is 0 Å². The predicted molar refractivity (Wildman–Crippen MR) is 68.7 cm³/mol. The largest absolute Gasteiger partial charge is 0.399 e. The number of thiazole rings is 1. The Balaban J connectivity index is 2.47. The number of hydrogen-bond donors (Lipinski definition) is 1. The summed E-state index contributed by atoms with van der Waals surface area (Å²) in [6.07, 6.45) is 1.65. The van der Waals surface area contributed by atoms with Crippen LogP contribution in [0.4, 0.5) is 10.8 Å². The number of amides is 1. The van der Waals surface area contributed by atoms with Gasteiger partial charge in [0, 0.05) is 17.3 Å². The van der Waals surface area contributed by atoms with Gasteiger partial charge in [-0.05, 0) is 24.3 Å². The summed E-state index contributed by atoms with van der Waals surface area (Å²) in [5.41, 5.74) is 5.93. The van der Waals surface area contributed by atoms with E-state index >= 15 is 0 Å². The van der Waals surface area contributed by atoms with Gasteiger partial charge in [0.25, 0.3) is 10.0 Å². The number of rotatable bonds is 4. The van der Waals surface area contributed by atoms with Crippen LogP contribution in [0.25, 0.3) is 0 Å². The van der Waals surface area contributed by atoms with Gasteiger partial charge in [-0.3, -0.25) is 4.79 Å². The van der Waals surface area contributed by atoms with Gasteiger partial charge in [0.15, 0.2) is 0 Å². The Morgan fingerprint density at radius 2 is 1.94 bits per heavy atom. The SMILES string of the molecule is Nc1ccc(S(=O)(=O)N(C=O)c2nccs2)cc1. The fraction of sp³-hybridized carbons (Fsp3) is 0. The molecule has 0 unspecified atom stereocenters. The Morgan fingerprint density at radius 3 is 2.44 bits per heavy atom. The van der Waals surface area contributed by atoms with Crippen molar-refractivity contribution < 1.29 is 13.2 Å². The van der Waals surface area contributed by atoms with Crippen LogP contribution in [0.15, 0.2) is 40.7 Å². The topological polar surface area (TPSA) is 93.4 Å². The van der Waals surface area contributed by atoms with Gasteiger partial charge in [0.05, 0.1) is 4.90 Å². The zero-order valence-electron chi connectivity index (χ0n) is 9.05. The summed E-state index contributed by atoms with van der Waals surface area (Å²) < 4.78 is 25.0. The van der Waals surface area contributed by atoms with Crippen molar-refractivity contribution in [2.45, 2.75) is 4.90 Å². The van der Waals surface area contributed by atoms with Crippen LogP contribution in [-0.4, -0.2) is 19.8 Å². The maximum atomic E-state index is 12.2. The molecule has 0 aliphatic heterocycles. The number of nitrogens with zero attached hydrogens (tertiary/aromatic N) is 2. The lowest BCUT2D eigenvalue weighted by molar-refractivity contribution is -0.106.